The van der Waals surface area contributed by atoms with Crippen LogP contribution in [0.5, 0.6) is 0 Å². The number of nitrogens with zero attached hydrogens (tertiary/aromatic N) is 5. The van der Waals surface area contributed by atoms with E-state index >= 15 is 8.78 Å². The number of ether oxygens (including phenoxy) is 1. The standard InChI is InChI=1S/C21H16F3N5O2/c1-10-17-27-28-18-12-8-11(2-3-13(12)22)20(30)6-7-31-16(9-20)21(23,24)15-5-4-14(25-10)19(26-15)29(17)18/h2-5,8,16,30H,6-7,9H2,1H3. The molecule has 2 aliphatic rings. The summed E-state index contributed by atoms with van der Waals surface area (Å²) >= 11 is 0. The van der Waals surface area contributed by atoms with E-state index in [0.29, 0.717) is 16.8 Å². The third-order valence-corrected chi connectivity index (χ3v) is 6.19. The van der Waals surface area contributed by atoms with E-state index < -0.39 is 29.1 Å². The van der Waals surface area contributed by atoms with Crippen LogP contribution < -0.4 is 0 Å². The Morgan fingerprint density at radius 3 is 2.81 bits per heavy atom. The minimum Gasteiger partial charge on any atom is -0.385 e. The maximum atomic E-state index is 15.5. The lowest BCUT2D eigenvalue weighted by Gasteiger charge is -2.40. The van der Waals surface area contributed by atoms with E-state index in [1.54, 1.807) is 6.92 Å². The van der Waals surface area contributed by atoms with Crippen LogP contribution in [0.2, 0.25) is 0 Å². The van der Waals surface area contributed by atoms with Gasteiger partial charge in [-0.25, -0.2) is 14.4 Å². The van der Waals surface area contributed by atoms with Crippen LogP contribution in [0, 0.1) is 12.7 Å². The Morgan fingerprint density at radius 2 is 1.97 bits per heavy atom. The summed E-state index contributed by atoms with van der Waals surface area (Å²) in [6.45, 7) is 1.63. The summed E-state index contributed by atoms with van der Waals surface area (Å²) < 4.78 is 52.7. The monoisotopic (exact) mass is 427 g/mol. The van der Waals surface area contributed by atoms with Crippen LogP contribution >= 0.6 is 0 Å². The van der Waals surface area contributed by atoms with Crippen molar-refractivity contribution in [3.63, 3.8) is 0 Å². The fourth-order valence-corrected chi connectivity index (χ4v) is 4.49. The average Bonchev–Trinajstić information content (AvgIpc) is 3.19. The quantitative estimate of drug-likeness (QED) is 0.464. The number of alkyl halides is 2. The van der Waals surface area contributed by atoms with E-state index in [-0.39, 0.29) is 42.1 Å². The van der Waals surface area contributed by atoms with Crippen molar-refractivity contribution < 1.29 is 23.0 Å². The topological polar surface area (TPSA) is 85.4 Å². The number of halogens is 3. The maximum Gasteiger partial charge on any atom is 0.315 e. The Bertz CT molecular complexity index is 1390. The molecule has 5 heterocycles. The van der Waals surface area contributed by atoms with E-state index in [0.717, 1.165) is 0 Å². The number of hydrogen-bond donors (Lipinski definition) is 1. The molecule has 6 bridgehead atoms. The van der Waals surface area contributed by atoms with Crippen molar-refractivity contribution in [2.45, 2.75) is 37.4 Å². The summed E-state index contributed by atoms with van der Waals surface area (Å²) in [7, 11) is 0. The van der Waals surface area contributed by atoms with E-state index in [4.69, 9.17) is 4.74 Å². The second kappa shape index (κ2) is 5.98. The third kappa shape index (κ3) is 2.48. The minimum absolute atomic E-state index is 0.0712. The molecule has 2 unspecified atom stereocenters. The molecule has 1 N–H and O–H groups in total. The molecule has 10 heteroatoms. The molecule has 6 rings (SSSR count). The first kappa shape index (κ1) is 18.6. The number of aliphatic hydroxyl groups is 1. The molecular weight excluding hydrogens is 411 g/mol. The first-order valence-corrected chi connectivity index (χ1v) is 9.83. The molecule has 4 aromatic rings. The molecule has 7 nitrogen and oxygen atoms in total. The van der Waals surface area contributed by atoms with Gasteiger partial charge in [-0.3, -0.25) is 4.40 Å². The summed E-state index contributed by atoms with van der Waals surface area (Å²) in [6.07, 6.45) is -1.86. The van der Waals surface area contributed by atoms with Crippen molar-refractivity contribution in [3.05, 3.63) is 53.1 Å². The van der Waals surface area contributed by atoms with Crippen molar-refractivity contribution >= 4 is 16.8 Å². The van der Waals surface area contributed by atoms with Crippen molar-refractivity contribution in [2.24, 2.45) is 0 Å². The SMILES string of the molecule is Cc1nc2ccc3nc2n2c(nnc12)-c1cc(ccc1F)C1(O)CCOC(C1)C3(F)F. The molecule has 1 fully saturated rings. The predicted molar refractivity (Wildman–Crippen MR) is 103 cm³/mol. The Balaban J connectivity index is 1.80. The Morgan fingerprint density at radius 1 is 1.13 bits per heavy atom. The molecule has 158 valence electrons. The zero-order valence-electron chi connectivity index (χ0n) is 16.3. The minimum atomic E-state index is -3.48. The molecular formula is C21H16F3N5O2. The van der Waals surface area contributed by atoms with Crippen molar-refractivity contribution in [1.29, 1.82) is 0 Å². The molecule has 0 saturated carbocycles. The van der Waals surface area contributed by atoms with E-state index in [2.05, 4.69) is 20.2 Å². The van der Waals surface area contributed by atoms with Crippen LogP contribution in [0.3, 0.4) is 0 Å². The number of aryl methyl sites for hydroxylation is 1. The Labute approximate surface area is 173 Å². The molecule has 2 atom stereocenters. The highest BCUT2D eigenvalue weighted by atomic mass is 19.3. The van der Waals surface area contributed by atoms with Crippen LogP contribution in [0.25, 0.3) is 28.2 Å². The zero-order chi connectivity index (χ0) is 21.5. The van der Waals surface area contributed by atoms with E-state index in [1.165, 1.54) is 34.7 Å². The van der Waals surface area contributed by atoms with Gasteiger partial charge in [-0.2, -0.15) is 8.78 Å². The van der Waals surface area contributed by atoms with Gasteiger partial charge in [0.1, 0.15) is 23.1 Å². The number of aromatic nitrogens is 5. The largest absolute Gasteiger partial charge is 0.385 e. The highest BCUT2D eigenvalue weighted by Gasteiger charge is 2.51. The number of rotatable bonds is 0. The molecule has 31 heavy (non-hydrogen) atoms. The molecule has 0 aliphatic carbocycles. The van der Waals surface area contributed by atoms with Gasteiger partial charge >= 0.3 is 5.92 Å². The van der Waals surface area contributed by atoms with Crippen molar-refractivity contribution in [3.8, 4) is 11.4 Å². The van der Waals surface area contributed by atoms with Gasteiger partial charge in [0, 0.05) is 12.8 Å². The summed E-state index contributed by atoms with van der Waals surface area (Å²) in [5, 5.41) is 19.5. The Kier molecular flexibility index (Phi) is 3.60. The lowest BCUT2D eigenvalue weighted by Crippen LogP contribution is -2.46. The predicted octanol–water partition coefficient (Wildman–Crippen LogP) is 3.26. The molecule has 0 spiro atoms. The first-order valence-electron chi connectivity index (χ1n) is 9.83. The van der Waals surface area contributed by atoms with Crippen LogP contribution in [-0.4, -0.2) is 42.4 Å². The van der Waals surface area contributed by atoms with Crippen molar-refractivity contribution in [2.75, 3.05) is 6.61 Å². The maximum absolute atomic E-state index is 15.5. The first-order chi connectivity index (χ1) is 14.8. The van der Waals surface area contributed by atoms with Crippen molar-refractivity contribution in [1.82, 2.24) is 24.6 Å². The normalized spacial score (nSPS) is 24.5. The molecule has 0 amide bonds. The Hall–Kier alpha value is -3.11. The lowest BCUT2D eigenvalue weighted by molar-refractivity contribution is -0.203. The van der Waals surface area contributed by atoms with E-state index in [9.17, 15) is 9.50 Å². The molecule has 1 aromatic carbocycles. The van der Waals surface area contributed by atoms with Gasteiger partial charge in [-0.1, -0.05) is 6.07 Å². The van der Waals surface area contributed by atoms with Gasteiger partial charge in [0.2, 0.25) is 0 Å². The fraction of sp³-hybridized carbons (Fsp3) is 0.333. The van der Waals surface area contributed by atoms with Gasteiger partial charge in [0.25, 0.3) is 0 Å². The molecule has 1 saturated heterocycles. The van der Waals surface area contributed by atoms with Gasteiger partial charge in [-0.15, -0.1) is 10.2 Å². The number of fused-ring (bicyclic) bond motifs is 7. The highest BCUT2D eigenvalue weighted by molar-refractivity contribution is 5.78. The van der Waals surface area contributed by atoms with Gasteiger partial charge in [-0.05, 0) is 36.8 Å². The third-order valence-electron chi connectivity index (χ3n) is 6.19. The second-order valence-electron chi connectivity index (χ2n) is 8.08. The van der Waals surface area contributed by atoms with Crippen LogP contribution in [0.15, 0.2) is 30.3 Å². The van der Waals surface area contributed by atoms with E-state index in [1.807, 2.05) is 0 Å². The average molecular weight is 427 g/mol. The van der Waals surface area contributed by atoms with Crippen LogP contribution in [0.4, 0.5) is 13.2 Å². The fourth-order valence-electron chi connectivity index (χ4n) is 4.49. The smallest absolute Gasteiger partial charge is 0.315 e. The van der Waals surface area contributed by atoms with Gasteiger partial charge in [0.05, 0.1) is 23.5 Å². The number of pyridine rings is 1. The lowest BCUT2D eigenvalue weighted by atomic mass is 9.81. The molecule has 0 radical (unpaired) electrons. The molecule has 3 aromatic heterocycles. The van der Waals surface area contributed by atoms with Gasteiger partial charge < -0.3 is 9.84 Å². The second-order valence-corrected chi connectivity index (χ2v) is 8.08. The number of benzene rings is 1. The van der Waals surface area contributed by atoms with Crippen LogP contribution in [-0.2, 0) is 16.3 Å². The zero-order valence-corrected chi connectivity index (χ0v) is 16.3. The van der Waals surface area contributed by atoms with Crippen LogP contribution in [0.1, 0.15) is 29.8 Å². The summed E-state index contributed by atoms with van der Waals surface area (Å²) in [5.41, 5.74) is -0.502. The summed E-state index contributed by atoms with van der Waals surface area (Å²) in [5.74, 6) is -3.95. The highest BCUT2D eigenvalue weighted by Crippen LogP contribution is 2.45. The summed E-state index contributed by atoms with van der Waals surface area (Å²) in [4.78, 5) is 8.59. The summed E-state index contributed by atoms with van der Waals surface area (Å²) in [6, 6.07) is 6.70. The van der Waals surface area contributed by atoms with Gasteiger partial charge in [0.15, 0.2) is 17.1 Å². The number of hydrogen-bond acceptors (Lipinski definition) is 6. The molecule has 2 aliphatic heterocycles.